The number of halogens is 2. The van der Waals surface area contributed by atoms with E-state index in [1.807, 2.05) is 24.3 Å². The van der Waals surface area contributed by atoms with Crippen LogP contribution in [0.2, 0.25) is 10.0 Å². The quantitative estimate of drug-likeness (QED) is 0.579. The molecule has 0 unspecified atom stereocenters. The number of carbonyl (C=O) groups is 2. The van der Waals surface area contributed by atoms with Gasteiger partial charge in [-0.3, -0.25) is 9.59 Å². The van der Waals surface area contributed by atoms with E-state index in [-0.39, 0.29) is 22.5 Å². The normalized spacial score (nSPS) is 13.9. The van der Waals surface area contributed by atoms with Gasteiger partial charge in [-0.05, 0) is 31.2 Å². The maximum atomic E-state index is 13.1. The molecule has 8 nitrogen and oxygen atoms in total. The minimum Gasteiger partial charge on any atom is -0.497 e. The van der Waals surface area contributed by atoms with Crippen molar-refractivity contribution < 1.29 is 14.3 Å². The van der Waals surface area contributed by atoms with E-state index in [0.29, 0.717) is 48.2 Å². The topological polar surface area (TPSA) is 80.6 Å². The number of piperazine rings is 1. The Kier molecular flexibility index (Phi) is 6.34. The lowest BCUT2D eigenvalue weighted by molar-refractivity contribution is 0.0532. The van der Waals surface area contributed by atoms with Crippen LogP contribution in [0, 0.1) is 6.92 Å². The Balaban J connectivity index is 1.45. The van der Waals surface area contributed by atoms with Crippen LogP contribution in [-0.2, 0) is 0 Å². The van der Waals surface area contributed by atoms with Crippen molar-refractivity contribution >= 4 is 35.0 Å². The largest absolute Gasteiger partial charge is 0.497 e. The van der Waals surface area contributed by atoms with Gasteiger partial charge in [0.05, 0.1) is 34.1 Å². The molecule has 1 saturated heterocycles. The fraction of sp³-hybridized carbons (Fsp3) is 0.273. The second-order valence-corrected chi connectivity index (χ2v) is 8.11. The summed E-state index contributed by atoms with van der Waals surface area (Å²) in [6, 6.07) is 12.3. The maximum Gasteiger partial charge on any atom is 0.276 e. The molecular formula is C22H21Cl2N5O3. The summed E-state index contributed by atoms with van der Waals surface area (Å²) in [6.07, 6.45) is 0. The van der Waals surface area contributed by atoms with E-state index < -0.39 is 0 Å². The summed E-state index contributed by atoms with van der Waals surface area (Å²) in [7, 11) is 1.59. The fourth-order valence-corrected chi connectivity index (χ4v) is 4.00. The molecule has 0 spiro atoms. The van der Waals surface area contributed by atoms with Gasteiger partial charge in [-0.25, -0.2) is 4.68 Å². The summed E-state index contributed by atoms with van der Waals surface area (Å²) in [4.78, 5) is 29.3. The lowest BCUT2D eigenvalue weighted by Crippen LogP contribution is -2.50. The van der Waals surface area contributed by atoms with Crippen molar-refractivity contribution in [1.29, 1.82) is 0 Å². The van der Waals surface area contributed by atoms with Gasteiger partial charge in [-0.1, -0.05) is 40.5 Å². The van der Waals surface area contributed by atoms with Crippen molar-refractivity contribution in [1.82, 2.24) is 24.8 Å². The van der Waals surface area contributed by atoms with E-state index in [2.05, 4.69) is 10.3 Å². The number of amides is 2. The lowest BCUT2D eigenvalue weighted by atomic mass is 10.1. The third-order valence-corrected chi connectivity index (χ3v) is 6.25. The third-order valence-electron chi connectivity index (χ3n) is 5.43. The number of ether oxygens (including phenoxy) is 1. The second kappa shape index (κ2) is 9.18. The molecule has 10 heteroatoms. The monoisotopic (exact) mass is 473 g/mol. The molecule has 166 valence electrons. The minimum atomic E-state index is -0.218. The first-order chi connectivity index (χ1) is 15.4. The average Bonchev–Trinajstić information content (AvgIpc) is 3.21. The summed E-state index contributed by atoms with van der Waals surface area (Å²) < 4.78 is 6.86. The van der Waals surface area contributed by atoms with Gasteiger partial charge < -0.3 is 14.5 Å². The zero-order valence-corrected chi connectivity index (χ0v) is 19.1. The van der Waals surface area contributed by atoms with E-state index in [1.54, 1.807) is 46.7 Å². The summed E-state index contributed by atoms with van der Waals surface area (Å²) in [5.74, 6) is 0.264. The first-order valence-corrected chi connectivity index (χ1v) is 10.8. The predicted octanol–water partition coefficient (Wildman–Crippen LogP) is 3.49. The Hall–Kier alpha value is -3.10. The van der Waals surface area contributed by atoms with E-state index in [0.717, 1.165) is 5.69 Å². The van der Waals surface area contributed by atoms with Gasteiger partial charge >= 0.3 is 0 Å². The SMILES string of the molecule is COc1cccc(-n2nnc(C(=O)N3CCN(C(=O)c4cccc(Cl)c4Cl)CC3)c2C)c1. The lowest BCUT2D eigenvalue weighted by Gasteiger charge is -2.34. The van der Waals surface area contributed by atoms with Crippen molar-refractivity contribution in [2.24, 2.45) is 0 Å². The highest BCUT2D eigenvalue weighted by Crippen LogP contribution is 2.27. The molecular weight excluding hydrogens is 453 g/mol. The highest BCUT2D eigenvalue weighted by atomic mass is 35.5. The van der Waals surface area contributed by atoms with Gasteiger partial charge in [0.1, 0.15) is 5.75 Å². The number of rotatable bonds is 4. The molecule has 0 radical (unpaired) electrons. The van der Waals surface area contributed by atoms with E-state index in [4.69, 9.17) is 27.9 Å². The summed E-state index contributed by atoms with van der Waals surface area (Å²) >= 11 is 12.2. The van der Waals surface area contributed by atoms with E-state index in [1.165, 1.54) is 0 Å². The molecule has 2 aromatic carbocycles. The molecule has 32 heavy (non-hydrogen) atoms. The standard InChI is InChI=1S/C22H21Cl2N5O3/c1-14-20(25-26-29(14)15-5-3-6-16(13-15)32-2)22(31)28-11-9-27(10-12-28)21(30)17-7-4-8-18(23)19(17)24/h3-8,13H,9-12H2,1-2H3. The van der Waals surface area contributed by atoms with Crippen LogP contribution in [-0.4, -0.2) is 69.9 Å². The Morgan fingerprint density at radius 1 is 0.969 bits per heavy atom. The summed E-state index contributed by atoms with van der Waals surface area (Å²) in [5.41, 5.74) is 2.02. The molecule has 2 amide bonds. The molecule has 2 heterocycles. The van der Waals surface area contributed by atoms with Crippen LogP contribution >= 0.6 is 23.2 Å². The highest BCUT2D eigenvalue weighted by Gasteiger charge is 2.29. The molecule has 0 aliphatic carbocycles. The average molecular weight is 474 g/mol. The molecule has 0 N–H and O–H groups in total. The van der Waals surface area contributed by atoms with Gasteiger partial charge in [0.15, 0.2) is 5.69 Å². The number of aromatic nitrogens is 3. The van der Waals surface area contributed by atoms with Crippen LogP contribution < -0.4 is 4.74 Å². The number of hydrogen-bond acceptors (Lipinski definition) is 5. The van der Waals surface area contributed by atoms with Crippen LogP contribution in [0.1, 0.15) is 26.5 Å². The molecule has 4 rings (SSSR count). The number of benzene rings is 2. The van der Waals surface area contributed by atoms with E-state index in [9.17, 15) is 9.59 Å². The number of hydrogen-bond donors (Lipinski definition) is 0. The summed E-state index contributed by atoms with van der Waals surface area (Å²) in [6.45, 7) is 3.34. The first kappa shape index (κ1) is 22.1. The van der Waals surface area contributed by atoms with E-state index >= 15 is 0 Å². The second-order valence-electron chi connectivity index (χ2n) is 7.32. The molecule has 1 fully saturated rings. The van der Waals surface area contributed by atoms with Gasteiger partial charge in [0.2, 0.25) is 0 Å². The van der Waals surface area contributed by atoms with Crippen LogP contribution in [0.15, 0.2) is 42.5 Å². The van der Waals surface area contributed by atoms with Crippen molar-refractivity contribution in [3.63, 3.8) is 0 Å². The fourth-order valence-electron chi connectivity index (χ4n) is 3.62. The van der Waals surface area contributed by atoms with Crippen LogP contribution in [0.3, 0.4) is 0 Å². The molecule has 3 aromatic rings. The molecule has 1 aromatic heterocycles. The van der Waals surface area contributed by atoms with Crippen molar-refractivity contribution in [2.75, 3.05) is 33.3 Å². The number of carbonyl (C=O) groups excluding carboxylic acids is 2. The van der Waals surface area contributed by atoms with Crippen LogP contribution in [0.25, 0.3) is 5.69 Å². The number of nitrogens with zero attached hydrogens (tertiary/aromatic N) is 5. The molecule has 1 aliphatic heterocycles. The van der Waals surface area contributed by atoms with Crippen LogP contribution in [0.5, 0.6) is 5.75 Å². The third kappa shape index (κ3) is 4.16. The zero-order valence-electron chi connectivity index (χ0n) is 17.6. The predicted molar refractivity (Wildman–Crippen MR) is 121 cm³/mol. The Labute approximate surface area is 195 Å². The smallest absolute Gasteiger partial charge is 0.276 e. The van der Waals surface area contributed by atoms with Crippen molar-refractivity contribution in [3.8, 4) is 11.4 Å². The van der Waals surface area contributed by atoms with Gasteiger partial charge in [-0.2, -0.15) is 0 Å². The van der Waals surface area contributed by atoms with Crippen LogP contribution in [0.4, 0.5) is 0 Å². The molecule has 1 aliphatic rings. The summed E-state index contributed by atoms with van der Waals surface area (Å²) in [5, 5.41) is 8.84. The van der Waals surface area contributed by atoms with Gasteiger partial charge in [0.25, 0.3) is 11.8 Å². The highest BCUT2D eigenvalue weighted by molar-refractivity contribution is 6.43. The van der Waals surface area contributed by atoms with Crippen molar-refractivity contribution in [2.45, 2.75) is 6.92 Å². The molecule has 0 bridgehead atoms. The Morgan fingerprint density at radius 3 is 2.31 bits per heavy atom. The Bertz CT molecular complexity index is 1170. The first-order valence-electron chi connectivity index (χ1n) is 10.00. The van der Waals surface area contributed by atoms with Gasteiger partial charge in [0, 0.05) is 32.2 Å². The number of methoxy groups -OCH3 is 1. The van der Waals surface area contributed by atoms with Crippen molar-refractivity contribution in [3.05, 3.63) is 69.5 Å². The van der Waals surface area contributed by atoms with Gasteiger partial charge in [-0.15, -0.1) is 5.10 Å². The zero-order chi connectivity index (χ0) is 22.8. The minimum absolute atomic E-state index is 0.204. The molecule has 0 saturated carbocycles. The maximum absolute atomic E-state index is 13.1. The Morgan fingerprint density at radius 2 is 1.62 bits per heavy atom. The molecule has 0 atom stereocenters.